The molecular weight excluding hydrogens is 670 g/mol. The normalized spacial score (nSPS) is 17.0. The fourth-order valence-electron chi connectivity index (χ4n) is 5.66. The summed E-state index contributed by atoms with van der Waals surface area (Å²) in [6, 6.07) is 30.1. The highest BCUT2D eigenvalue weighted by Crippen LogP contribution is 2.47. The smallest absolute Gasteiger partial charge is 0.271 e. The summed E-state index contributed by atoms with van der Waals surface area (Å²) in [5.74, 6) is -0.610. The van der Waals surface area contributed by atoms with Crippen LogP contribution in [0.1, 0.15) is 26.3 Å². The second kappa shape index (κ2) is 12.7. The monoisotopic (exact) mass is 688 g/mol. The molecule has 0 radical (unpaired) electrons. The van der Waals surface area contributed by atoms with Gasteiger partial charge in [-0.25, -0.2) is 0 Å². The maximum atomic E-state index is 13.9. The highest BCUT2D eigenvalue weighted by molar-refractivity contribution is 6.70. The third-order valence-electron chi connectivity index (χ3n) is 7.73. The van der Waals surface area contributed by atoms with Crippen LogP contribution in [0.2, 0.25) is 0 Å². The lowest BCUT2D eigenvalue weighted by molar-refractivity contribution is -0.129. The maximum Gasteiger partial charge on any atom is 0.271 e. The Bertz CT molecular complexity index is 2180. The van der Waals surface area contributed by atoms with E-state index in [0.717, 1.165) is 5.39 Å². The standard InChI is InChI=1S/C36H20Cl4O6/c37-32(41)21-9-14-24(15-10-21)45-29-18-13-20-5-1-3-7-26(20)30(29)31-27-8-4-2-6-23(27)19-28(34(39)43)36(31,35(40)44)46-25-16-11-22(12-17-25)33(38)42/h1-19,28H. The molecule has 0 amide bonds. The number of benzene rings is 5. The zero-order chi connectivity index (χ0) is 32.6. The van der Waals surface area contributed by atoms with E-state index >= 15 is 0 Å². The summed E-state index contributed by atoms with van der Waals surface area (Å²) in [5.41, 5.74) is -1.08. The van der Waals surface area contributed by atoms with Gasteiger partial charge in [-0.2, -0.15) is 0 Å². The maximum absolute atomic E-state index is 13.9. The molecule has 5 aromatic rings. The third-order valence-corrected chi connectivity index (χ3v) is 8.68. The van der Waals surface area contributed by atoms with Gasteiger partial charge in [0.15, 0.2) is 0 Å². The van der Waals surface area contributed by atoms with Crippen molar-refractivity contribution >= 4 is 89.8 Å². The molecule has 2 unspecified atom stereocenters. The molecule has 1 aliphatic rings. The van der Waals surface area contributed by atoms with E-state index in [1.165, 1.54) is 36.4 Å². The Morgan fingerprint density at radius 2 is 1.22 bits per heavy atom. The van der Waals surface area contributed by atoms with E-state index < -0.39 is 32.5 Å². The zero-order valence-electron chi connectivity index (χ0n) is 23.5. The van der Waals surface area contributed by atoms with Gasteiger partial charge in [-0.3, -0.25) is 19.2 Å². The molecule has 228 valence electrons. The number of ether oxygens (including phenoxy) is 2. The van der Waals surface area contributed by atoms with Crippen LogP contribution in [0.15, 0.2) is 109 Å². The number of halogens is 4. The van der Waals surface area contributed by atoms with Gasteiger partial charge in [0, 0.05) is 22.3 Å². The molecule has 0 aliphatic heterocycles. The first-order valence-corrected chi connectivity index (χ1v) is 15.3. The third kappa shape index (κ3) is 5.70. The van der Waals surface area contributed by atoms with Crippen molar-refractivity contribution in [2.24, 2.45) is 5.92 Å². The summed E-state index contributed by atoms with van der Waals surface area (Å²) < 4.78 is 12.9. The summed E-state index contributed by atoms with van der Waals surface area (Å²) in [4.78, 5) is 50.6. The summed E-state index contributed by atoms with van der Waals surface area (Å²) >= 11 is 24.1. The molecule has 1 aliphatic carbocycles. The molecule has 5 aromatic carbocycles. The van der Waals surface area contributed by atoms with Gasteiger partial charge in [-0.05, 0) is 122 Å². The molecule has 6 rings (SSSR count). The minimum atomic E-state index is -2.21. The first kappa shape index (κ1) is 31.5. The van der Waals surface area contributed by atoms with E-state index in [-0.39, 0.29) is 22.4 Å². The molecule has 0 saturated carbocycles. The van der Waals surface area contributed by atoms with Crippen molar-refractivity contribution in [3.05, 3.63) is 136 Å². The van der Waals surface area contributed by atoms with Gasteiger partial charge in [0.2, 0.25) is 10.8 Å². The van der Waals surface area contributed by atoms with E-state index in [2.05, 4.69) is 0 Å². The van der Waals surface area contributed by atoms with E-state index in [1.54, 1.807) is 48.5 Å². The summed E-state index contributed by atoms with van der Waals surface area (Å²) in [6.07, 6.45) is 1.55. The van der Waals surface area contributed by atoms with Gasteiger partial charge in [-0.15, -0.1) is 0 Å². The van der Waals surface area contributed by atoms with Gasteiger partial charge in [0.25, 0.3) is 15.7 Å². The number of hydrogen-bond acceptors (Lipinski definition) is 6. The van der Waals surface area contributed by atoms with Gasteiger partial charge in [-0.1, -0.05) is 60.7 Å². The molecule has 0 fully saturated rings. The summed E-state index contributed by atoms with van der Waals surface area (Å²) in [5, 5.41) is -0.603. The van der Waals surface area contributed by atoms with E-state index in [4.69, 9.17) is 55.9 Å². The minimum absolute atomic E-state index is 0.118. The Balaban J connectivity index is 1.70. The summed E-state index contributed by atoms with van der Waals surface area (Å²) in [6.45, 7) is 0. The first-order chi connectivity index (χ1) is 22.1. The molecule has 10 heteroatoms. The highest BCUT2D eigenvalue weighted by atomic mass is 35.5. The molecule has 0 heterocycles. The lowest BCUT2D eigenvalue weighted by Gasteiger charge is -2.39. The average Bonchev–Trinajstić information content (AvgIpc) is 3.05. The number of carbonyl (C=O) groups is 4. The van der Waals surface area contributed by atoms with Crippen molar-refractivity contribution in [1.29, 1.82) is 0 Å². The van der Waals surface area contributed by atoms with E-state index in [9.17, 15) is 19.2 Å². The van der Waals surface area contributed by atoms with Crippen molar-refractivity contribution in [1.82, 2.24) is 0 Å². The second-order valence-electron chi connectivity index (χ2n) is 10.4. The largest absolute Gasteiger partial charge is 0.472 e. The number of fused-ring (bicyclic) bond motifs is 2. The summed E-state index contributed by atoms with van der Waals surface area (Å²) in [7, 11) is 0. The second-order valence-corrected chi connectivity index (χ2v) is 11.8. The Hall–Kier alpha value is -4.46. The fraction of sp³-hybridized carbons (Fsp3) is 0.0556. The fourth-order valence-corrected chi connectivity index (χ4v) is 6.38. The van der Waals surface area contributed by atoms with Crippen LogP contribution >= 0.6 is 46.4 Å². The van der Waals surface area contributed by atoms with E-state index in [1.807, 2.05) is 30.3 Å². The van der Waals surface area contributed by atoms with Gasteiger partial charge in [0.1, 0.15) is 23.2 Å². The van der Waals surface area contributed by atoms with Crippen LogP contribution in [0.5, 0.6) is 17.2 Å². The Morgan fingerprint density at radius 3 is 1.83 bits per heavy atom. The van der Waals surface area contributed by atoms with Crippen molar-refractivity contribution in [2.45, 2.75) is 5.60 Å². The van der Waals surface area contributed by atoms with Crippen LogP contribution < -0.4 is 19.9 Å². The van der Waals surface area contributed by atoms with Gasteiger partial charge >= 0.3 is 0 Å². The van der Waals surface area contributed by atoms with E-state index in [0.29, 0.717) is 32.9 Å². The number of hydrogen-bond donors (Lipinski definition) is 0. The van der Waals surface area contributed by atoms with Crippen LogP contribution in [-0.4, -0.2) is 26.6 Å². The van der Waals surface area contributed by atoms with Crippen LogP contribution in [0.3, 0.4) is 0 Å². The molecule has 46 heavy (non-hydrogen) atoms. The van der Waals surface area contributed by atoms with Crippen LogP contribution in [-0.2, 0) is 9.59 Å². The predicted molar refractivity (Wildman–Crippen MR) is 179 cm³/mol. The molecule has 0 bridgehead atoms. The van der Waals surface area contributed by atoms with Crippen molar-refractivity contribution in [2.75, 3.05) is 0 Å². The Labute approximate surface area is 282 Å². The first-order valence-electron chi connectivity index (χ1n) is 13.8. The average molecular weight is 690 g/mol. The van der Waals surface area contributed by atoms with Gasteiger partial charge in [0.05, 0.1) is 0 Å². The van der Waals surface area contributed by atoms with Crippen LogP contribution in [0.4, 0.5) is 0 Å². The highest BCUT2D eigenvalue weighted by Gasteiger charge is 2.55. The molecule has 0 N–H and O–H groups in total. The molecular formula is C36H20Cl4O6. The quantitative estimate of drug-likeness (QED) is 0.151. The molecule has 2 atom stereocenters. The van der Waals surface area contributed by atoms with Crippen LogP contribution in [0.25, 0.3) is 22.4 Å². The number of rotatable bonds is 9. The van der Waals surface area contributed by atoms with Crippen LogP contribution in [0, 0.1) is 5.92 Å². The Morgan fingerprint density at radius 1 is 0.630 bits per heavy atom. The molecule has 0 spiro atoms. The zero-order valence-corrected chi connectivity index (χ0v) is 26.5. The predicted octanol–water partition coefficient (Wildman–Crippen LogP) is 7.35. The Kier molecular flexibility index (Phi) is 8.73. The number of carbonyl (C=O) groups excluding carboxylic acids is 4. The lowest BCUT2D eigenvalue weighted by atomic mass is 9.73. The SMILES string of the molecule is O=C(Cl)c1ccc(Oc2ccc3ccccc3c2C2=c3ccccc3=CC(C(=O)Cl)C2(Oc2ccc(C(=O)Cl)cc2)C(=O)Cl)cc1. The van der Waals surface area contributed by atoms with Crippen molar-refractivity contribution in [3.63, 3.8) is 0 Å². The van der Waals surface area contributed by atoms with Crippen molar-refractivity contribution in [3.8, 4) is 17.2 Å². The minimum Gasteiger partial charge on any atom is -0.472 e. The topological polar surface area (TPSA) is 86.7 Å². The lowest BCUT2D eigenvalue weighted by Crippen LogP contribution is -2.58. The van der Waals surface area contributed by atoms with Crippen molar-refractivity contribution < 1.29 is 28.7 Å². The molecule has 0 aromatic heterocycles. The molecule has 0 saturated heterocycles. The van der Waals surface area contributed by atoms with Gasteiger partial charge < -0.3 is 9.47 Å². The molecule has 6 nitrogen and oxygen atoms in total.